The van der Waals surface area contributed by atoms with Gasteiger partial charge in [0.05, 0.1) is 0 Å². The molecule has 1 aliphatic heterocycles. The summed E-state index contributed by atoms with van der Waals surface area (Å²) in [5.74, 6) is 0.465. The van der Waals surface area contributed by atoms with Gasteiger partial charge in [-0.05, 0) is 69.1 Å². The quantitative estimate of drug-likeness (QED) is 0.527. The highest BCUT2D eigenvalue weighted by Crippen LogP contribution is 2.40. The van der Waals surface area contributed by atoms with Crippen molar-refractivity contribution < 1.29 is 9.53 Å². The van der Waals surface area contributed by atoms with Crippen LogP contribution in [0.1, 0.15) is 57.1 Å². The lowest BCUT2D eigenvalue weighted by Gasteiger charge is -2.41. The van der Waals surface area contributed by atoms with Gasteiger partial charge in [0.2, 0.25) is 0 Å². The van der Waals surface area contributed by atoms with Gasteiger partial charge in [-0.15, -0.1) is 0 Å². The third kappa shape index (κ3) is 5.89. The van der Waals surface area contributed by atoms with Crippen molar-refractivity contribution in [2.24, 2.45) is 10.4 Å². The van der Waals surface area contributed by atoms with Gasteiger partial charge in [-0.1, -0.05) is 48.0 Å². The topological polar surface area (TPSA) is 54.8 Å². The fourth-order valence-corrected chi connectivity index (χ4v) is 4.53. The van der Waals surface area contributed by atoms with Crippen LogP contribution < -0.4 is 0 Å². The number of carbonyl (C=O) groups is 1. The van der Waals surface area contributed by atoms with Crippen LogP contribution in [0.2, 0.25) is 5.15 Å². The lowest BCUT2D eigenvalue weighted by atomic mass is 9.74. The van der Waals surface area contributed by atoms with E-state index in [2.05, 4.69) is 35.3 Å². The van der Waals surface area contributed by atoms with Gasteiger partial charge in [0.25, 0.3) is 0 Å². The summed E-state index contributed by atoms with van der Waals surface area (Å²) in [5, 5.41) is 0.506. The van der Waals surface area contributed by atoms with Crippen molar-refractivity contribution in [1.82, 2.24) is 9.88 Å². The van der Waals surface area contributed by atoms with Gasteiger partial charge in [0, 0.05) is 37.5 Å². The maximum Gasteiger partial charge on any atom is 0.410 e. The van der Waals surface area contributed by atoms with Crippen molar-refractivity contribution in [3.63, 3.8) is 0 Å². The van der Waals surface area contributed by atoms with Crippen molar-refractivity contribution in [3.05, 3.63) is 64.9 Å². The molecule has 1 unspecified atom stereocenters. The SMILES string of the molecule is CC(C)(C)OC(=O)N1CCC(CN=C2CC2c2ccccc2)(Cc2ccc(Cl)nc2)CC1. The summed E-state index contributed by atoms with van der Waals surface area (Å²) in [5.41, 5.74) is 3.33. The van der Waals surface area contributed by atoms with Crippen LogP contribution in [-0.4, -0.2) is 46.9 Å². The number of aromatic nitrogens is 1. The maximum absolute atomic E-state index is 12.5. The first-order valence-corrected chi connectivity index (χ1v) is 11.8. The van der Waals surface area contributed by atoms with Crippen molar-refractivity contribution in [1.29, 1.82) is 0 Å². The number of likely N-dealkylation sites (tertiary alicyclic amines) is 1. The number of amides is 1. The van der Waals surface area contributed by atoms with Crippen LogP contribution in [0.25, 0.3) is 0 Å². The second-order valence-corrected chi connectivity index (χ2v) is 10.5. The molecule has 170 valence electrons. The molecule has 0 bridgehead atoms. The van der Waals surface area contributed by atoms with Gasteiger partial charge in [-0.3, -0.25) is 4.99 Å². The standard InChI is InChI=1S/C26H32ClN3O2/c1-25(2,3)32-24(31)30-13-11-26(12-14-30,16-19-9-10-23(27)28-17-19)18-29-22-15-21(22)20-7-5-4-6-8-20/h4-10,17,21H,11-16,18H2,1-3H3. The molecule has 1 aromatic heterocycles. The van der Waals surface area contributed by atoms with Crippen molar-refractivity contribution in [2.45, 2.75) is 58.0 Å². The van der Waals surface area contributed by atoms with E-state index in [4.69, 9.17) is 21.3 Å². The molecule has 1 aliphatic carbocycles. The van der Waals surface area contributed by atoms with Crippen LogP contribution in [0, 0.1) is 5.41 Å². The third-order valence-electron chi connectivity index (χ3n) is 6.32. The van der Waals surface area contributed by atoms with Crippen LogP contribution >= 0.6 is 11.6 Å². The average molecular weight is 454 g/mol. The number of nitrogens with zero attached hydrogens (tertiary/aromatic N) is 3. The molecule has 2 aromatic rings. The van der Waals surface area contributed by atoms with Crippen molar-refractivity contribution in [3.8, 4) is 0 Å². The monoisotopic (exact) mass is 453 g/mol. The Labute approximate surface area is 195 Å². The van der Waals surface area contributed by atoms with Crippen LogP contribution in [-0.2, 0) is 11.2 Å². The van der Waals surface area contributed by atoms with Gasteiger partial charge < -0.3 is 9.64 Å². The predicted molar refractivity (Wildman–Crippen MR) is 129 cm³/mol. The van der Waals surface area contributed by atoms with E-state index in [0.717, 1.165) is 37.8 Å². The molecular weight excluding hydrogens is 422 g/mol. The Morgan fingerprint density at radius 3 is 2.53 bits per heavy atom. The minimum atomic E-state index is -0.481. The first kappa shape index (κ1) is 22.8. The van der Waals surface area contributed by atoms with Crippen molar-refractivity contribution in [2.75, 3.05) is 19.6 Å². The zero-order chi connectivity index (χ0) is 22.8. The first-order chi connectivity index (χ1) is 15.2. The average Bonchev–Trinajstić information content (AvgIpc) is 3.54. The number of rotatable bonds is 5. The summed E-state index contributed by atoms with van der Waals surface area (Å²) in [6, 6.07) is 14.5. The molecule has 0 radical (unpaired) electrons. The minimum Gasteiger partial charge on any atom is -0.444 e. The van der Waals surface area contributed by atoms with E-state index < -0.39 is 5.60 Å². The predicted octanol–water partition coefficient (Wildman–Crippen LogP) is 5.92. The molecule has 2 heterocycles. The van der Waals surface area contributed by atoms with Gasteiger partial charge in [0.15, 0.2) is 0 Å². The fourth-order valence-electron chi connectivity index (χ4n) is 4.41. The van der Waals surface area contributed by atoms with E-state index in [-0.39, 0.29) is 11.5 Å². The molecule has 1 atom stereocenters. The lowest BCUT2D eigenvalue weighted by Crippen LogP contribution is -2.47. The Hall–Kier alpha value is -2.40. The number of piperidine rings is 1. The number of halogens is 1. The molecule has 6 heteroatoms. The van der Waals surface area contributed by atoms with Crippen molar-refractivity contribution >= 4 is 23.4 Å². The molecule has 1 aromatic carbocycles. The molecule has 32 heavy (non-hydrogen) atoms. The number of hydrogen-bond donors (Lipinski definition) is 0. The molecule has 2 fully saturated rings. The van der Waals surface area contributed by atoms with Crippen LogP contribution in [0.4, 0.5) is 4.79 Å². The molecule has 1 saturated carbocycles. The van der Waals surface area contributed by atoms with Gasteiger partial charge >= 0.3 is 6.09 Å². The highest BCUT2D eigenvalue weighted by atomic mass is 35.5. The van der Waals surface area contributed by atoms with E-state index in [1.807, 2.05) is 44.0 Å². The van der Waals surface area contributed by atoms with Gasteiger partial charge in [-0.2, -0.15) is 0 Å². The van der Waals surface area contributed by atoms with E-state index >= 15 is 0 Å². The normalized spacial score (nSPS) is 21.4. The number of hydrogen-bond acceptors (Lipinski definition) is 4. The maximum atomic E-state index is 12.5. The van der Waals surface area contributed by atoms with E-state index in [1.165, 1.54) is 11.3 Å². The second-order valence-electron chi connectivity index (χ2n) is 10.1. The fraction of sp³-hybridized carbons (Fsp3) is 0.500. The Morgan fingerprint density at radius 2 is 1.91 bits per heavy atom. The van der Waals surface area contributed by atoms with E-state index in [1.54, 1.807) is 0 Å². The molecule has 0 spiro atoms. The number of ether oxygens (including phenoxy) is 1. The Morgan fingerprint density at radius 1 is 1.19 bits per heavy atom. The molecule has 1 saturated heterocycles. The molecule has 2 aliphatic rings. The number of pyridine rings is 1. The molecule has 1 amide bonds. The summed E-state index contributed by atoms with van der Waals surface area (Å²) in [6.07, 6.45) is 5.35. The zero-order valence-corrected chi connectivity index (χ0v) is 19.9. The largest absolute Gasteiger partial charge is 0.444 e. The van der Waals surface area contributed by atoms with Crippen LogP contribution in [0.5, 0.6) is 0 Å². The molecule has 5 nitrogen and oxygen atoms in total. The van der Waals surface area contributed by atoms with Crippen LogP contribution in [0.3, 0.4) is 0 Å². The second kappa shape index (κ2) is 9.22. The highest BCUT2D eigenvalue weighted by molar-refractivity contribution is 6.29. The van der Waals surface area contributed by atoms with E-state index in [9.17, 15) is 4.79 Å². The number of carbonyl (C=O) groups excluding carboxylic acids is 1. The molecule has 4 rings (SSSR count). The minimum absolute atomic E-state index is 0.00481. The van der Waals surface area contributed by atoms with Gasteiger partial charge in [0.1, 0.15) is 10.8 Å². The third-order valence-corrected chi connectivity index (χ3v) is 6.54. The first-order valence-electron chi connectivity index (χ1n) is 11.4. The summed E-state index contributed by atoms with van der Waals surface area (Å²) >= 11 is 5.99. The summed E-state index contributed by atoms with van der Waals surface area (Å²) in [4.78, 5) is 23.7. The smallest absolute Gasteiger partial charge is 0.410 e. The lowest BCUT2D eigenvalue weighted by molar-refractivity contribution is 0.0109. The van der Waals surface area contributed by atoms with E-state index in [0.29, 0.717) is 24.2 Å². The van der Waals surface area contributed by atoms with Gasteiger partial charge in [-0.25, -0.2) is 9.78 Å². The Kier molecular flexibility index (Phi) is 6.57. The summed E-state index contributed by atoms with van der Waals surface area (Å²) in [7, 11) is 0. The zero-order valence-electron chi connectivity index (χ0n) is 19.2. The Balaban J connectivity index is 1.45. The summed E-state index contributed by atoms with van der Waals surface area (Å²) in [6.45, 7) is 7.85. The van der Waals surface area contributed by atoms with Crippen LogP contribution in [0.15, 0.2) is 53.7 Å². The number of aliphatic imine (C=N–C) groups is 1. The Bertz CT molecular complexity index is 959. The molecule has 0 N–H and O–H groups in total. The summed E-state index contributed by atoms with van der Waals surface area (Å²) < 4.78 is 5.58. The highest BCUT2D eigenvalue weighted by Gasteiger charge is 2.39. The molecular formula is C26H32ClN3O2. The number of benzene rings is 1.